The summed E-state index contributed by atoms with van der Waals surface area (Å²) in [5.74, 6) is 1.18. The van der Waals surface area contributed by atoms with Gasteiger partial charge in [0.05, 0.1) is 7.11 Å². The first-order valence-corrected chi connectivity index (χ1v) is 7.55. The fraction of sp³-hybridized carbons (Fsp3) is 0.294. The zero-order valence-electron chi connectivity index (χ0n) is 13.2. The van der Waals surface area contributed by atoms with Crippen LogP contribution in [0.5, 0.6) is 5.75 Å². The maximum Gasteiger partial charge on any atom is 0.250 e. The fourth-order valence-electron chi connectivity index (χ4n) is 2.10. The number of nitrogens with zero attached hydrogens (tertiary/aromatic N) is 2. The zero-order chi connectivity index (χ0) is 16.5. The van der Waals surface area contributed by atoms with E-state index in [-0.39, 0.29) is 5.56 Å². The van der Waals surface area contributed by atoms with Gasteiger partial charge in [-0.2, -0.15) is 0 Å². The average molecular weight is 314 g/mol. The molecule has 0 saturated heterocycles. The lowest BCUT2D eigenvalue weighted by molar-refractivity contribution is 0.415. The largest absolute Gasteiger partial charge is 0.497 e. The van der Waals surface area contributed by atoms with Crippen molar-refractivity contribution in [2.75, 3.05) is 19.0 Å². The summed E-state index contributed by atoms with van der Waals surface area (Å²) in [6, 6.07) is 12.6. The zero-order valence-corrected chi connectivity index (χ0v) is 13.2. The number of nitrogens with one attached hydrogen (secondary N) is 1. The lowest BCUT2D eigenvalue weighted by Gasteiger charge is -2.07. The van der Waals surface area contributed by atoms with Crippen LogP contribution in [0.1, 0.15) is 12.8 Å². The number of anilines is 1. The Kier molecular flexibility index (Phi) is 6.23. The third-order valence-corrected chi connectivity index (χ3v) is 3.35. The second-order valence-electron chi connectivity index (χ2n) is 5.06. The van der Waals surface area contributed by atoms with E-state index in [4.69, 9.17) is 10.5 Å². The predicted octanol–water partition coefficient (Wildman–Crippen LogP) is 2.06. The summed E-state index contributed by atoms with van der Waals surface area (Å²) < 4.78 is 6.79. The minimum Gasteiger partial charge on any atom is -0.497 e. The highest BCUT2D eigenvalue weighted by atomic mass is 16.5. The number of methoxy groups -OCH3 is 1. The predicted molar refractivity (Wildman–Crippen MR) is 93.0 cm³/mol. The van der Waals surface area contributed by atoms with E-state index in [0.29, 0.717) is 19.0 Å². The molecule has 0 aliphatic heterocycles. The number of pyridine rings is 1. The van der Waals surface area contributed by atoms with Crippen molar-refractivity contribution in [3.8, 4) is 5.75 Å². The van der Waals surface area contributed by atoms with E-state index < -0.39 is 0 Å². The van der Waals surface area contributed by atoms with Crippen LogP contribution < -0.4 is 21.3 Å². The third-order valence-electron chi connectivity index (χ3n) is 3.35. The molecule has 1 aromatic heterocycles. The number of aryl methyl sites for hydroxylation is 1. The SMILES string of the molecule is COc1ccc(NC(N)=NCCCCn2ccccc2=O)cc1. The van der Waals surface area contributed by atoms with Gasteiger partial charge in [-0.1, -0.05) is 6.07 Å². The number of rotatable bonds is 7. The molecule has 0 fully saturated rings. The highest BCUT2D eigenvalue weighted by molar-refractivity contribution is 5.92. The first-order valence-electron chi connectivity index (χ1n) is 7.55. The van der Waals surface area contributed by atoms with E-state index in [1.807, 2.05) is 30.3 Å². The van der Waals surface area contributed by atoms with E-state index in [1.165, 1.54) is 0 Å². The Morgan fingerprint density at radius 2 is 2.00 bits per heavy atom. The standard InChI is InChI=1S/C17H22N4O2/c1-23-15-9-7-14(8-10-15)20-17(18)19-11-3-5-13-21-12-4-2-6-16(21)22/h2,4,6-10,12H,3,5,11,13H2,1H3,(H3,18,19,20). The highest BCUT2D eigenvalue weighted by Gasteiger charge is 1.97. The van der Waals surface area contributed by atoms with E-state index in [9.17, 15) is 4.79 Å². The van der Waals surface area contributed by atoms with Crippen molar-refractivity contribution in [1.29, 1.82) is 0 Å². The summed E-state index contributed by atoms with van der Waals surface area (Å²) in [6.07, 6.45) is 3.54. The number of hydrogen-bond acceptors (Lipinski definition) is 3. The number of guanidine groups is 1. The molecule has 23 heavy (non-hydrogen) atoms. The molecule has 0 amide bonds. The lowest BCUT2D eigenvalue weighted by Crippen LogP contribution is -2.23. The summed E-state index contributed by atoms with van der Waals surface area (Å²) in [7, 11) is 1.63. The minimum atomic E-state index is 0.0247. The van der Waals surface area contributed by atoms with Gasteiger partial charge in [-0.15, -0.1) is 0 Å². The van der Waals surface area contributed by atoms with Crippen LogP contribution in [0.4, 0.5) is 5.69 Å². The van der Waals surface area contributed by atoms with E-state index in [1.54, 1.807) is 30.0 Å². The van der Waals surface area contributed by atoms with Gasteiger partial charge in [-0.05, 0) is 43.2 Å². The quantitative estimate of drug-likeness (QED) is 0.466. The average Bonchev–Trinajstić information content (AvgIpc) is 2.57. The van der Waals surface area contributed by atoms with Gasteiger partial charge in [-0.25, -0.2) is 0 Å². The lowest BCUT2D eigenvalue weighted by atomic mass is 10.3. The van der Waals surface area contributed by atoms with E-state index in [0.717, 1.165) is 24.3 Å². The van der Waals surface area contributed by atoms with Crippen LogP contribution in [0, 0.1) is 0 Å². The molecule has 0 spiro atoms. The molecule has 1 aromatic carbocycles. The number of hydrogen-bond donors (Lipinski definition) is 2. The molecule has 122 valence electrons. The molecule has 0 saturated carbocycles. The number of ether oxygens (including phenoxy) is 1. The maximum atomic E-state index is 11.5. The molecule has 6 nitrogen and oxygen atoms in total. The van der Waals surface area contributed by atoms with Gasteiger partial charge < -0.3 is 20.4 Å². The molecule has 1 heterocycles. The first-order chi connectivity index (χ1) is 11.2. The normalized spacial score (nSPS) is 11.3. The molecule has 0 bridgehead atoms. The van der Waals surface area contributed by atoms with Crippen LogP contribution in [0.25, 0.3) is 0 Å². The Hall–Kier alpha value is -2.76. The molecule has 0 radical (unpaired) electrons. The van der Waals surface area contributed by atoms with Crippen LogP contribution in [0.3, 0.4) is 0 Å². The van der Waals surface area contributed by atoms with Gasteiger partial charge in [0.25, 0.3) is 0 Å². The van der Waals surface area contributed by atoms with Gasteiger partial charge in [-0.3, -0.25) is 9.79 Å². The van der Waals surface area contributed by atoms with Crippen LogP contribution >= 0.6 is 0 Å². The molecule has 0 unspecified atom stereocenters. The van der Waals surface area contributed by atoms with Gasteiger partial charge in [0.2, 0.25) is 5.56 Å². The van der Waals surface area contributed by atoms with E-state index >= 15 is 0 Å². The molecule has 6 heteroatoms. The summed E-state index contributed by atoms with van der Waals surface area (Å²) in [6.45, 7) is 1.32. The van der Waals surface area contributed by atoms with Crippen LogP contribution in [0.15, 0.2) is 58.4 Å². The molecule has 2 aromatic rings. The second-order valence-corrected chi connectivity index (χ2v) is 5.06. The molecular formula is C17H22N4O2. The first kappa shape index (κ1) is 16.6. The fourth-order valence-corrected chi connectivity index (χ4v) is 2.10. The number of aromatic nitrogens is 1. The van der Waals surface area contributed by atoms with Crippen molar-refractivity contribution >= 4 is 11.6 Å². The van der Waals surface area contributed by atoms with Crippen molar-refractivity contribution in [2.45, 2.75) is 19.4 Å². The van der Waals surface area contributed by atoms with Gasteiger partial charge in [0.15, 0.2) is 5.96 Å². The Bertz CT molecular complexity index is 692. The van der Waals surface area contributed by atoms with Crippen LogP contribution in [0.2, 0.25) is 0 Å². The number of nitrogens with two attached hydrogens (primary N) is 1. The van der Waals surface area contributed by atoms with Gasteiger partial charge >= 0.3 is 0 Å². The van der Waals surface area contributed by atoms with Crippen molar-refractivity contribution in [3.05, 3.63) is 59.0 Å². The van der Waals surface area contributed by atoms with Crippen molar-refractivity contribution in [2.24, 2.45) is 10.7 Å². The van der Waals surface area contributed by atoms with Gasteiger partial charge in [0, 0.05) is 31.0 Å². The highest BCUT2D eigenvalue weighted by Crippen LogP contribution is 2.14. The smallest absolute Gasteiger partial charge is 0.250 e. The second kappa shape index (κ2) is 8.63. The van der Waals surface area contributed by atoms with Gasteiger partial charge in [0.1, 0.15) is 5.75 Å². The minimum absolute atomic E-state index is 0.0247. The molecule has 3 N–H and O–H groups in total. The van der Waals surface area contributed by atoms with Crippen LogP contribution in [-0.4, -0.2) is 24.2 Å². The Labute approximate surface area is 135 Å². The summed E-state index contributed by atoms with van der Waals surface area (Å²) in [5, 5.41) is 3.03. The number of aliphatic imine (C=N–C) groups is 1. The van der Waals surface area contributed by atoms with Crippen molar-refractivity contribution in [1.82, 2.24) is 4.57 Å². The topological polar surface area (TPSA) is 81.6 Å². The van der Waals surface area contributed by atoms with Crippen molar-refractivity contribution in [3.63, 3.8) is 0 Å². The summed E-state index contributed by atoms with van der Waals surface area (Å²) in [4.78, 5) is 15.8. The maximum absolute atomic E-state index is 11.5. The van der Waals surface area contributed by atoms with Crippen LogP contribution in [-0.2, 0) is 6.54 Å². The monoisotopic (exact) mass is 314 g/mol. The molecular weight excluding hydrogens is 292 g/mol. The Balaban J connectivity index is 1.72. The molecule has 2 rings (SSSR count). The molecule has 0 aliphatic carbocycles. The third kappa shape index (κ3) is 5.50. The molecule has 0 atom stereocenters. The summed E-state index contributed by atoms with van der Waals surface area (Å²) >= 11 is 0. The summed E-state index contributed by atoms with van der Waals surface area (Å²) in [5.41, 5.74) is 6.73. The van der Waals surface area contributed by atoms with E-state index in [2.05, 4.69) is 10.3 Å². The molecule has 0 aliphatic rings. The Morgan fingerprint density at radius 1 is 1.22 bits per heavy atom. The van der Waals surface area contributed by atoms with Crippen molar-refractivity contribution < 1.29 is 4.74 Å². The number of benzene rings is 1. The Morgan fingerprint density at radius 3 is 2.70 bits per heavy atom. The number of unbranched alkanes of at least 4 members (excludes halogenated alkanes) is 1.